The van der Waals surface area contributed by atoms with Crippen molar-refractivity contribution in [2.75, 3.05) is 19.8 Å². The Bertz CT molecular complexity index is 169. The zero-order valence-corrected chi connectivity index (χ0v) is 7.05. The summed E-state index contributed by atoms with van der Waals surface area (Å²) < 4.78 is 5.08. The minimum Gasteiger partial charge on any atom is -0.380 e. The van der Waals surface area contributed by atoms with Gasteiger partial charge in [-0.1, -0.05) is 6.92 Å². The van der Waals surface area contributed by atoms with Crippen LogP contribution in [0.25, 0.3) is 0 Å². The Balaban J connectivity index is 2.17. The van der Waals surface area contributed by atoms with Crippen LogP contribution in [0.5, 0.6) is 0 Å². The van der Waals surface area contributed by atoms with E-state index in [1.165, 1.54) is 0 Å². The van der Waals surface area contributed by atoms with E-state index in [0.29, 0.717) is 0 Å². The van der Waals surface area contributed by atoms with Crippen molar-refractivity contribution < 1.29 is 4.74 Å². The van der Waals surface area contributed by atoms with Gasteiger partial charge in [0.05, 0.1) is 25.3 Å². The summed E-state index contributed by atoms with van der Waals surface area (Å²) in [5.41, 5.74) is 0.269. The SMILES string of the molecule is CC(C#N)NCC1(C)COC1. The molecular weight excluding hydrogens is 140 g/mol. The highest BCUT2D eigenvalue weighted by Gasteiger charge is 2.33. The largest absolute Gasteiger partial charge is 0.380 e. The third-order valence-corrected chi connectivity index (χ3v) is 1.93. The van der Waals surface area contributed by atoms with E-state index >= 15 is 0 Å². The summed E-state index contributed by atoms with van der Waals surface area (Å²) in [5.74, 6) is 0. The molecule has 0 aromatic heterocycles. The summed E-state index contributed by atoms with van der Waals surface area (Å²) in [5, 5.41) is 11.6. The van der Waals surface area contributed by atoms with Gasteiger partial charge in [0.2, 0.25) is 0 Å². The van der Waals surface area contributed by atoms with Gasteiger partial charge in [-0.2, -0.15) is 5.26 Å². The first-order valence-electron chi connectivity index (χ1n) is 3.87. The zero-order valence-electron chi connectivity index (χ0n) is 7.05. The van der Waals surface area contributed by atoms with Gasteiger partial charge in [-0.15, -0.1) is 0 Å². The molecule has 11 heavy (non-hydrogen) atoms. The van der Waals surface area contributed by atoms with Crippen LogP contribution in [0.3, 0.4) is 0 Å². The topological polar surface area (TPSA) is 45.0 Å². The number of nitrogens with zero attached hydrogens (tertiary/aromatic N) is 1. The van der Waals surface area contributed by atoms with Crippen molar-refractivity contribution >= 4 is 0 Å². The third kappa shape index (κ3) is 2.18. The quantitative estimate of drug-likeness (QED) is 0.644. The first kappa shape index (κ1) is 8.51. The maximum absolute atomic E-state index is 8.48. The highest BCUT2D eigenvalue weighted by atomic mass is 16.5. The van der Waals surface area contributed by atoms with Crippen LogP contribution in [0.2, 0.25) is 0 Å². The Labute approximate surface area is 67.3 Å². The molecule has 0 amide bonds. The molecule has 0 aliphatic carbocycles. The average molecular weight is 154 g/mol. The summed E-state index contributed by atoms with van der Waals surface area (Å²) in [6.07, 6.45) is 0. The number of nitrogens with one attached hydrogen (secondary N) is 1. The second-order valence-corrected chi connectivity index (χ2v) is 3.54. The molecule has 1 atom stereocenters. The normalized spacial score (nSPS) is 23.4. The van der Waals surface area contributed by atoms with Crippen LogP contribution in [0, 0.1) is 16.7 Å². The zero-order chi connectivity index (χ0) is 8.32. The fraction of sp³-hybridized carbons (Fsp3) is 0.875. The fourth-order valence-corrected chi connectivity index (χ4v) is 0.998. The van der Waals surface area contributed by atoms with Crippen molar-refractivity contribution in [1.29, 1.82) is 5.26 Å². The molecule has 0 aromatic rings. The van der Waals surface area contributed by atoms with Gasteiger partial charge in [0.25, 0.3) is 0 Å². The Morgan fingerprint density at radius 3 is 2.73 bits per heavy atom. The lowest BCUT2D eigenvalue weighted by Gasteiger charge is -2.38. The number of hydrogen-bond acceptors (Lipinski definition) is 3. The van der Waals surface area contributed by atoms with Crippen LogP contribution in [0.4, 0.5) is 0 Å². The van der Waals surface area contributed by atoms with Gasteiger partial charge in [0.15, 0.2) is 0 Å². The van der Waals surface area contributed by atoms with E-state index in [0.717, 1.165) is 19.8 Å². The van der Waals surface area contributed by atoms with Gasteiger partial charge >= 0.3 is 0 Å². The number of nitriles is 1. The summed E-state index contributed by atoms with van der Waals surface area (Å²) in [7, 11) is 0. The van der Waals surface area contributed by atoms with E-state index in [1.54, 1.807) is 0 Å². The van der Waals surface area contributed by atoms with Crippen LogP contribution in [0.15, 0.2) is 0 Å². The van der Waals surface area contributed by atoms with E-state index in [9.17, 15) is 0 Å². The van der Waals surface area contributed by atoms with E-state index in [1.807, 2.05) is 6.92 Å². The van der Waals surface area contributed by atoms with Gasteiger partial charge in [-0.3, -0.25) is 0 Å². The number of ether oxygens (including phenoxy) is 1. The highest BCUT2D eigenvalue weighted by molar-refractivity contribution is 4.90. The van der Waals surface area contributed by atoms with Gasteiger partial charge in [-0.05, 0) is 6.92 Å². The molecule has 1 rings (SSSR count). The van der Waals surface area contributed by atoms with E-state index in [-0.39, 0.29) is 11.5 Å². The molecule has 3 heteroatoms. The third-order valence-electron chi connectivity index (χ3n) is 1.93. The van der Waals surface area contributed by atoms with Crippen molar-refractivity contribution in [2.45, 2.75) is 19.9 Å². The molecule has 1 N–H and O–H groups in total. The lowest BCUT2D eigenvalue weighted by molar-refractivity contribution is -0.0993. The van der Waals surface area contributed by atoms with Crippen molar-refractivity contribution in [2.24, 2.45) is 5.41 Å². The number of hydrogen-bond donors (Lipinski definition) is 1. The van der Waals surface area contributed by atoms with Crippen molar-refractivity contribution in [3.63, 3.8) is 0 Å². The maximum atomic E-state index is 8.48. The lowest BCUT2D eigenvalue weighted by atomic mass is 9.88. The smallest absolute Gasteiger partial charge is 0.0924 e. The van der Waals surface area contributed by atoms with Gasteiger partial charge in [-0.25, -0.2) is 0 Å². The molecule has 1 fully saturated rings. The molecule has 0 spiro atoms. The summed E-state index contributed by atoms with van der Waals surface area (Å²) in [6, 6.07) is 2.09. The van der Waals surface area contributed by atoms with Crippen molar-refractivity contribution in [3.8, 4) is 6.07 Å². The molecule has 0 aromatic carbocycles. The second-order valence-electron chi connectivity index (χ2n) is 3.54. The van der Waals surface area contributed by atoms with Gasteiger partial charge < -0.3 is 10.1 Å². The predicted octanol–water partition coefficient (Wildman–Crippen LogP) is 0.525. The molecule has 1 aliphatic rings. The van der Waals surface area contributed by atoms with E-state index in [4.69, 9.17) is 10.00 Å². The van der Waals surface area contributed by atoms with Crippen molar-refractivity contribution in [1.82, 2.24) is 5.32 Å². The molecular formula is C8H14N2O. The Morgan fingerprint density at radius 2 is 2.36 bits per heavy atom. The minimum atomic E-state index is -0.0487. The van der Waals surface area contributed by atoms with Gasteiger partial charge in [0, 0.05) is 12.0 Å². The van der Waals surface area contributed by atoms with Crippen molar-refractivity contribution in [3.05, 3.63) is 0 Å². The average Bonchev–Trinajstić information content (AvgIpc) is 1.96. The molecule has 0 saturated carbocycles. The molecule has 1 saturated heterocycles. The first-order chi connectivity index (χ1) is 5.16. The summed E-state index contributed by atoms with van der Waals surface area (Å²) in [4.78, 5) is 0. The van der Waals surface area contributed by atoms with Gasteiger partial charge in [0.1, 0.15) is 0 Å². The first-order valence-corrected chi connectivity index (χ1v) is 3.87. The fourth-order valence-electron chi connectivity index (χ4n) is 0.998. The van der Waals surface area contributed by atoms with Crippen LogP contribution in [-0.4, -0.2) is 25.8 Å². The Kier molecular flexibility index (Phi) is 2.48. The molecule has 1 aliphatic heterocycles. The molecule has 62 valence electrons. The standard InChI is InChI=1S/C8H14N2O/c1-7(3-9)10-4-8(2)5-11-6-8/h7,10H,4-6H2,1-2H3. The molecule has 0 bridgehead atoms. The molecule has 1 heterocycles. The Morgan fingerprint density at radius 1 is 1.73 bits per heavy atom. The van der Waals surface area contributed by atoms with Crippen LogP contribution >= 0.6 is 0 Å². The number of rotatable bonds is 3. The van der Waals surface area contributed by atoms with Crippen LogP contribution in [0.1, 0.15) is 13.8 Å². The predicted molar refractivity (Wildman–Crippen MR) is 42.0 cm³/mol. The lowest BCUT2D eigenvalue weighted by Crippen LogP contribution is -2.48. The van der Waals surface area contributed by atoms with Crippen LogP contribution < -0.4 is 5.32 Å². The van der Waals surface area contributed by atoms with E-state index in [2.05, 4.69) is 18.3 Å². The molecule has 1 unspecified atom stereocenters. The summed E-state index contributed by atoms with van der Waals surface area (Å²) in [6.45, 7) is 6.54. The second kappa shape index (κ2) is 3.21. The monoisotopic (exact) mass is 154 g/mol. The molecule has 0 radical (unpaired) electrons. The maximum Gasteiger partial charge on any atom is 0.0924 e. The minimum absolute atomic E-state index is 0.0487. The molecule has 3 nitrogen and oxygen atoms in total. The highest BCUT2D eigenvalue weighted by Crippen LogP contribution is 2.25. The Hall–Kier alpha value is -0.590. The summed E-state index contributed by atoms with van der Waals surface area (Å²) >= 11 is 0. The van der Waals surface area contributed by atoms with Crippen LogP contribution in [-0.2, 0) is 4.74 Å². The van der Waals surface area contributed by atoms with E-state index < -0.39 is 0 Å².